The summed E-state index contributed by atoms with van der Waals surface area (Å²) in [5.41, 5.74) is 2.29. The van der Waals surface area contributed by atoms with Crippen molar-refractivity contribution in [2.45, 2.75) is 25.3 Å². The molecule has 1 aromatic heterocycles. The van der Waals surface area contributed by atoms with Crippen LogP contribution in [0.3, 0.4) is 0 Å². The fourth-order valence-electron chi connectivity index (χ4n) is 1.90. The minimum Gasteiger partial charge on any atom is -0.379 e. The zero-order valence-electron chi connectivity index (χ0n) is 10.3. The van der Waals surface area contributed by atoms with Gasteiger partial charge in [-0.3, -0.25) is 4.79 Å². The predicted molar refractivity (Wildman–Crippen MR) is 65.8 cm³/mol. The van der Waals surface area contributed by atoms with Gasteiger partial charge in [0.05, 0.1) is 12.1 Å². The maximum absolute atomic E-state index is 12.0. The Labute approximate surface area is 105 Å². The highest BCUT2D eigenvalue weighted by Gasteiger charge is 2.30. The van der Waals surface area contributed by atoms with Crippen molar-refractivity contribution in [3.8, 4) is 0 Å². The largest absolute Gasteiger partial charge is 0.379 e. The highest BCUT2D eigenvalue weighted by molar-refractivity contribution is 5.92. The third-order valence-electron chi connectivity index (χ3n) is 2.90. The number of hydrogen-bond donors (Lipinski definition) is 3. The maximum Gasteiger partial charge on any atom is 0.272 e. The molecule has 7 heteroatoms. The van der Waals surface area contributed by atoms with Crippen LogP contribution in [-0.4, -0.2) is 34.9 Å². The Morgan fingerprint density at radius 2 is 2.33 bits per heavy atom. The molecule has 1 aliphatic heterocycles. The van der Waals surface area contributed by atoms with Gasteiger partial charge in [-0.05, 0) is 31.9 Å². The number of nitrogens with two attached hydrogens (primary N) is 1. The molecule has 18 heavy (non-hydrogen) atoms. The molecule has 0 radical (unpaired) electrons. The van der Waals surface area contributed by atoms with Crippen LogP contribution in [0.2, 0.25) is 0 Å². The van der Waals surface area contributed by atoms with Gasteiger partial charge >= 0.3 is 0 Å². The van der Waals surface area contributed by atoms with E-state index in [4.69, 9.17) is 10.6 Å². The molecule has 0 aromatic carbocycles. The fourth-order valence-corrected chi connectivity index (χ4v) is 1.90. The molecule has 1 saturated heterocycles. The van der Waals surface area contributed by atoms with Gasteiger partial charge in [-0.1, -0.05) is 0 Å². The van der Waals surface area contributed by atoms with E-state index >= 15 is 0 Å². The van der Waals surface area contributed by atoms with Crippen LogP contribution in [0.15, 0.2) is 12.1 Å². The van der Waals surface area contributed by atoms with Crippen molar-refractivity contribution in [2.75, 3.05) is 18.6 Å². The Bertz CT molecular complexity index is 414. The molecule has 0 bridgehead atoms. The first-order valence-corrected chi connectivity index (χ1v) is 5.84. The van der Waals surface area contributed by atoms with Gasteiger partial charge in [0.2, 0.25) is 0 Å². The summed E-state index contributed by atoms with van der Waals surface area (Å²) in [6.45, 7) is 3.24. The van der Waals surface area contributed by atoms with E-state index in [1.165, 1.54) is 0 Å². The smallest absolute Gasteiger partial charge is 0.272 e. The highest BCUT2D eigenvalue weighted by Crippen LogP contribution is 2.18. The number of hydrogen-bond acceptors (Lipinski definition) is 6. The first-order valence-electron chi connectivity index (χ1n) is 5.84. The van der Waals surface area contributed by atoms with Gasteiger partial charge in [0.1, 0.15) is 0 Å². The van der Waals surface area contributed by atoms with Crippen LogP contribution in [-0.2, 0) is 4.74 Å². The molecule has 98 valence electrons. The average Bonchev–Trinajstić information content (AvgIpc) is 2.39. The van der Waals surface area contributed by atoms with Crippen LogP contribution in [0.25, 0.3) is 0 Å². The van der Waals surface area contributed by atoms with Crippen molar-refractivity contribution < 1.29 is 9.53 Å². The van der Waals surface area contributed by atoms with E-state index < -0.39 is 0 Å². The maximum atomic E-state index is 12.0. The molecule has 0 spiro atoms. The van der Waals surface area contributed by atoms with E-state index in [0.717, 1.165) is 19.4 Å². The number of ether oxygens (including phenoxy) is 1. The zero-order chi connectivity index (χ0) is 13.0. The van der Waals surface area contributed by atoms with E-state index in [1.54, 1.807) is 12.1 Å². The number of nitrogen functional groups attached to an aromatic ring is 1. The van der Waals surface area contributed by atoms with E-state index in [2.05, 4.69) is 20.9 Å². The van der Waals surface area contributed by atoms with Gasteiger partial charge < -0.3 is 15.5 Å². The van der Waals surface area contributed by atoms with Gasteiger partial charge in [0, 0.05) is 6.61 Å². The molecule has 7 nitrogen and oxygen atoms in total. The summed E-state index contributed by atoms with van der Waals surface area (Å²) >= 11 is 0. The van der Waals surface area contributed by atoms with E-state index in [-0.39, 0.29) is 17.1 Å². The number of amides is 1. The second-order valence-corrected chi connectivity index (χ2v) is 4.62. The number of hydrazine groups is 1. The standard InChI is InChI=1S/C11H17N5O2/c1-11(5-2-6-18-7-11)13-10(17)8-3-4-9(14-12)16-15-8/h3-4H,2,5-7,12H2,1H3,(H,13,17)(H,14,16). The molecule has 1 fully saturated rings. The molecule has 1 unspecified atom stereocenters. The van der Waals surface area contributed by atoms with Crippen LogP contribution in [0.1, 0.15) is 30.3 Å². The number of rotatable bonds is 3. The number of aromatic nitrogens is 2. The van der Waals surface area contributed by atoms with Crippen molar-refractivity contribution >= 4 is 11.7 Å². The molecule has 2 heterocycles. The van der Waals surface area contributed by atoms with Crippen LogP contribution >= 0.6 is 0 Å². The first kappa shape index (κ1) is 12.7. The minimum absolute atomic E-state index is 0.251. The zero-order valence-corrected chi connectivity index (χ0v) is 10.3. The number of nitrogens with zero attached hydrogens (tertiary/aromatic N) is 2. The first-order chi connectivity index (χ1) is 8.63. The summed E-state index contributed by atoms with van der Waals surface area (Å²) in [6, 6.07) is 3.17. The van der Waals surface area contributed by atoms with E-state index in [1.807, 2.05) is 6.92 Å². The van der Waals surface area contributed by atoms with Gasteiger partial charge in [0.15, 0.2) is 11.5 Å². The lowest BCUT2D eigenvalue weighted by atomic mass is 9.95. The Hall–Kier alpha value is -1.73. The minimum atomic E-state index is -0.332. The number of carbonyl (C=O) groups excluding carboxylic acids is 1. The van der Waals surface area contributed by atoms with Crippen molar-refractivity contribution in [3.63, 3.8) is 0 Å². The molecular formula is C11H17N5O2. The van der Waals surface area contributed by atoms with Crippen LogP contribution < -0.4 is 16.6 Å². The predicted octanol–water partition coefficient (Wildman–Crippen LogP) is 0.0611. The molecule has 0 aliphatic carbocycles. The van der Waals surface area contributed by atoms with Crippen LogP contribution in [0.4, 0.5) is 5.82 Å². The van der Waals surface area contributed by atoms with Crippen molar-refractivity contribution in [3.05, 3.63) is 17.8 Å². The number of carbonyl (C=O) groups is 1. The molecular weight excluding hydrogens is 234 g/mol. The number of anilines is 1. The van der Waals surface area contributed by atoms with Crippen LogP contribution in [0.5, 0.6) is 0 Å². The Morgan fingerprint density at radius 1 is 1.50 bits per heavy atom. The molecule has 2 rings (SSSR count). The molecule has 1 atom stereocenters. The lowest BCUT2D eigenvalue weighted by Gasteiger charge is -2.34. The monoisotopic (exact) mass is 251 g/mol. The SMILES string of the molecule is CC1(NC(=O)c2ccc(NN)nn2)CCCOC1. The van der Waals surface area contributed by atoms with E-state index in [0.29, 0.717) is 12.4 Å². The summed E-state index contributed by atoms with van der Waals surface area (Å²) in [6.07, 6.45) is 1.84. The van der Waals surface area contributed by atoms with Crippen molar-refractivity contribution in [1.82, 2.24) is 15.5 Å². The average molecular weight is 251 g/mol. The topological polar surface area (TPSA) is 102 Å². The second-order valence-electron chi connectivity index (χ2n) is 4.62. The van der Waals surface area contributed by atoms with Gasteiger partial charge in [0.25, 0.3) is 5.91 Å². The molecule has 4 N–H and O–H groups in total. The lowest BCUT2D eigenvalue weighted by molar-refractivity contribution is 0.0271. The lowest BCUT2D eigenvalue weighted by Crippen LogP contribution is -2.51. The van der Waals surface area contributed by atoms with Gasteiger partial charge in [-0.15, -0.1) is 10.2 Å². The fraction of sp³-hybridized carbons (Fsp3) is 0.545. The highest BCUT2D eigenvalue weighted by atomic mass is 16.5. The summed E-state index contributed by atoms with van der Waals surface area (Å²) in [5, 5.41) is 10.5. The van der Waals surface area contributed by atoms with Crippen molar-refractivity contribution in [1.29, 1.82) is 0 Å². The number of nitrogens with one attached hydrogen (secondary N) is 2. The van der Waals surface area contributed by atoms with Crippen molar-refractivity contribution in [2.24, 2.45) is 5.84 Å². The third-order valence-corrected chi connectivity index (χ3v) is 2.90. The third kappa shape index (κ3) is 2.93. The molecule has 1 aliphatic rings. The summed E-state index contributed by atoms with van der Waals surface area (Å²) in [5.74, 6) is 5.34. The summed E-state index contributed by atoms with van der Waals surface area (Å²) in [7, 11) is 0. The quantitative estimate of drug-likeness (QED) is 0.518. The Balaban J connectivity index is 2.02. The normalized spacial score (nSPS) is 23.4. The van der Waals surface area contributed by atoms with Gasteiger partial charge in [-0.25, -0.2) is 5.84 Å². The Kier molecular flexibility index (Phi) is 3.73. The van der Waals surface area contributed by atoms with E-state index in [9.17, 15) is 4.79 Å². The molecule has 0 saturated carbocycles. The van der Waals surface area contributed by atoms with Crippen LogP contribution in [0, 0.1) is 0 Å². The molecule has 1 aromatic rings. The summed E-state index contributed by atoms with van der Waals surface area (Å²) in [4.78, 5) is 12.0. The second kappa shape index (κ2) is 5.28. The Morgan fingerprint density at radius 3 is 2.89 bits per heavy atom. The molecule has 1 amide bonds. The summed E-state index contributed by atoms with van der Waals surface area (Å²) < 4.78 is 5.38. The van der Waals surface area contributed by atoms with Gasteiger partial charge in [-0.2, -0.15) is 0 Å².